The van der Waals surface area contributed by atoms with Crippen LogP contribution >= 0.6 is 0 Å². The number of hydrogen-bond donors (Lipinski definition) is 2. The molecule has 0 fully saturated rings. The summed E-state index contributed by atoms with van der Waals surface area (Å²) in [4.78, 5) is 0. The van der Waals surface area contributed by atoms with Crippen LogP contribution in [0.2, 0.25) is 0 Å². The zero-order valence-corrected chi connectivity index (χ0v) is 12.1. The number of H-pyrrole nitrogens is 1. The van der Waals surface area contributed by atoms with Crippen molar-refractivity contribution in [1.82, 2.24) is 10.2 Å². The van der Waals surface area contributed by atoms with Gasteiger partial charge in [-0.3, -0.25) is 5.10 Å². The van der Waals surface area contributed by atoms with Gasteiger partial charge in [-0.15, -0.1) is 0 Å². The Labute approximate surface area is 119 Å². The van der Waals surface area contributed by atoms with Crippen LogP contribution in [0.3, 0.4) is 0 Å². The van der Waals surface area contributed by atoms with Gasteiger partial charge in [0.15, 0.2) is 0 Å². The predicted octanol–water partition coefficient (Wildman–Crippen LogP) is 4.35. The Morgan fingerprint density at radius 1 is 1.10 bits per heavy atom. The third-order valence-electron chi connectivity index (χ3n) is 3.72. The van der Waals surface area contributed by atoms with Crippen LogP contribution in [0.15, 0.2) is 42.6 Å². The van der Waals surface area contributed by atoms with Gasteiger partial charge in [-0.1, -0.05) is 23.8 Å². The van der Waals surface area contributed by atoms with Gasteiger partial charge in [0.05, 0.1) is 11.7 Å². The average molecular weight is 265 g/mol. The molecule has 2 N–H and O–H groups in total. The van der Waals surface area contributed by atoms with Gasteiger partial charge in [0.2, 0.25) is 0 Å². The molecule has 2 aromatic carbocycles. The summed E-state index contributed by atoms with van der Waals surface area (Å²) in [6, 6.07) is 13.1. The van der Waals surface area contributed by atoms with E-state index in [2.05, 4.69) is 72.7 Å². The van der Waals surface area contributed by atoms with Crippen molar-refractivity contribution in [3.8, 4) is 0 Å². The van der Waals surface area contributed by atoms with Crippen molar-refractivity contribution in [2.75, 3.05) is 5.32 Å². The summed E-state index contributed by atoms with van der Waals surface area (Å²) in [5.41, 5.74) is 6.13. The van der Waals surface area contributed by atoms with Crippen LogP contribution in [0.1, 0.15) is 29.7 Å². The quantitative estimate of drug-likeness (QED) is 0.739. The number of nitrogens with zero attached hydrogens (tertiary/aromatic N) is 1. The summed E-state index contributed by atoms with van der Waals surface area (Å²) >= 11 is 0. The molecular weight excluding hydrogens is 246 g/mol. The molecule has 0 saturated heterocycles. The molecule has 0 spiro atoms. The molecule has 3 heteroatoms. The number of fused-ring (bicyclic) bond motifs is 1. The number of benzene rings is 2. The number of aryl methyl sites for hydroxylation is 2. The van der Waals surface area contributed by atoms with Crippen molar-refractivity contribution in [2.45, 2.75) is 26.8 Å². The number of anilines is 1. The molecule has 102 valence electrons. The van der Waals surface area contributed by atoms with E-state index in [1.54, 1.807) is 0 Å². The third-order valence-corrected chi connectivity index (χ3v) is 3.72. The molecule has 3 rings (SSSR count). The summed E-state index contributed by atoms with van der Waals surface area (Å²) in [5.74, 6) is 0. The van der Waals surface area contributed by atoms with E-state index in [1.165, 1.54) is 16.7 Å². The van der Waals surface area contributed by atoms with Crippen LogP contribution < -0.4 is 5.32 Å². The van der Waals surface area contributed by atoms with Crippen molar-refractivity contribution in [1.29, 1.82) is 0 Å². The lowest BCUT2D eigenvalue weighted by atomic mass is 10.00. The first kappa shape index (κ1) is 12.7. The molecular formula is C17H19N3. The van der Waals surface area contributed by atoms with Crippen molar-refractivity contribution in [2.24, 2.45) is 0 Å². The summed E-state index contributed by atoms with van der Waals surface area (Å²) in [5, 5.41) is 11.7. The smallest absolute Gasteiger partial charge is 0.0670 e. The zero-order valence-electron chi connectivity index (χ0n) is 12.1. The molecule has 1 aromatic heterocycles. The van der Waals surface area contributed by atoms with Crippen LogP contribution in [-0.2, 0) is 0 Å². The standard InChI is InChI=1S/C17H19N3/c1-11-4-7-16(12(2)8-11)13(3)19-15-6-5-14-10-18-20-17(14)9-15/h4-10,13,19H,1-3H3,(H,18,20). The highest BCUT2D eigenvalue weighted by Crippen LogP contribution is 2.24. The molecule has 3 aromatic rings. The van der Waals surface area contributed by atoms with Gasteiger partial charge in [0.25, 0.3) is 0 Å². The van der Waals surface area contributed by atoms with Gasteiger partial charge in [0, 0.05) is 17.1 Å². The molecule has 20 heavy (non-hydrogen) atoms. The Morgan fingerprint density at radius 2 is 1.95 bits per heavy atom. The van der Waals surface area contributed by atoms with Crippen LogP contribution in [0.25, 0.3) is 10.9 Å². The number of aromatic nitrogens is 2. The molecule has 3 nitrogen and oxygen atoms in total. The lowest BCUT2D eigenvalue weighted by Crippen LogP contribution is -2.08. The van der Waals surface area contributed by atoms with E-state index in [-0.39, 0.29) is 6.04 Å². The summed E-state index contributed by atoms with van der Waals surface area (Å²) in [6.45, 7) is 6.48. The van der Waals surface area contributed by atoms with Gasteiger partial charge in [0.1, 0.15) is 0 Å². The van der Waals surface area contributed by atoms with Crippen LogP contribution in [0, 0.1) is 13.8 Å². The second kappa shape index (κ2) is 5.00. The number of hydrogen-bond acceptors (Lipinski definition) is 2. The van der Waals surface area contributed by atoms with Gasteiger partial charge in [-0.05, 0) is 50.1 Å². The maximum absolute atomic E-state index is 4.05. The summed E-state index contributed by atoms with van der Waals surface area (Å²) < 4.78 is 0. The van der Waals surface area contributed by atoms with E-state index in [0.29, 0.717) is 0 Å². The van der Waals surface area contributed by atoms with Crippen molar-refractivity contribution in [3.63, 3.8) is 0 Å². The molecule has 0 aliphatic heterocycles. The summed E-state index contributed by atoms with van der Waals surface area (Å²) in [6.07, 6.45) is 1.84. The molecule has 0 aliphatic carbocycles. The monoisotopic (exact) mass is 265 g/mol. The van der Waals surface area contributed by atoms with E-state index in [1.807, 2.05) is 6.20 Å². The highest BCUT2D eigenvalue weighted by molar-refractivity contribution is 5.81. The average Bonchev–Trinajstić information content (AvgIpc) is 2.85. The lowest BCUT2D eigenvalue weighted by Gasteiger charge is -2.18. The van der Waals surface area contributed by atoms with E-state index >= 15 is 0 Å². The largest absolute Gasteiger partial charge is 0.378 e. The van der Waals surface area contributed by atoms with E-state index in [9.17, 15) is 0 Å². The Bertz CT molecular complexity index is 743. The molecule has 1 unspecified atom stereocenters. The number of rotatable bonds is 3. The third kappa shape index (κ3) is 2.39. The molecule has 0 aliphatic rings. The minimum absolute atomic E-state index is 0.274. The van der Waals surface area contributed by atoms with Crippen molar-refractivity contribution in [3.05, 3.63) is 59.3 Å². The fourth-order valence-electron chi connectivity index (χ4n) is 2.67. The molecule has 0 bridgehead atoms. The maximum atomic E-state index is 4.05. The normalized spacial score (nSPS) is 12.6. The first-order chi connectivity index (χ1) is 9.63. The topological polar surface area (TPSA) is 40.7 Å². The Morgan fingerprint density at radius 3 is 2.75 bits per heavy atom. The molecule has 0 amide bonds. The van der Waals surface area contributed by atoms with E-state index in [4.69, 9.17) is 0 Å². The van der Waals surface area contributed by atoms with Gasteiger partial charge in [-0.25, -0.2) is 0 Å². The Kier molecular flexibility index (Phi) is 3.18. The first-order valence-corrected chi connectivity index (χ1v) is 6.90. The van der Waals surface area contributed by atoms with Gasteiger partial charge in [-0.2, -0.15) is 5.10 Å². The van der Waals surface area contributed by atoms with Crippen LogP contribution in [0.5, 0.6) is 0 Å². The van der Waals surface area contributed by atoms with Crippen molar-refractivity contribution < 1.29 is 0 Å². The van der Waals surface area contributed by atoms with Gasteiger partial charge < -0.3 is 5.32 Å². The highest BCUT2D eigenvalue weighted by Gasteiger charge is 2.09. The fourth-order valence-corrected chi connectivity index (χ4v) is 2.67. The number of aromatic amines is 1. The Hall–Kier alpha value is -2.29. The maximum Gasteiger partial charge on any atom is 0.0670 e. The SMILES string of the molecule is Cc1ccc(C(C)Nc2ccc3cn[nH]c3c2)c(C)c1. The highest BCUT2D eigenvalue weighted by atomic mass is 15.1. The van der Waals surface area contributed by atoms with Crippen LogP contribution in [0.4, 0.5) is 5.69 Å². The molecule has 0 saturated carbocycles. The first-order valence-electron chi connectivity index (χ1n) is 6.90. The lowest BCUT2D eigenvalue weighted by molar-refractivity contribution is 0.873. The van der Waals surface area contributed by atoms with Crippen molar-refractivity contribution >= 4 is 16.6 Å². The number of nitrogens with one attached hydrogen (secondary N) is 2. The predicted molar refractivity (Wildman–Crippen MR) is 84.0 cm³/mol. The van der Waals surface area contributed by atoms with Crippen LogP contribution in [-0.4, -0.2) is 10.2 Å². The molecule has 1 heterocycles. The fraction of sp³-hybridized carbons (Fsp3) is 0.235. The second-order valence-corrected chi connectivity index (χ2v) is 5.40. The molecule has 1 atom stereocenters. The molecule has 0 radical (unpaired) electrons. The Balaban J connectivity index is 1.85. The van der Waals surface area contributed by atoms with E-state index < -0.39 is 0 Å². The zero-order chi connectivity index (χ0) is 14.1. The summed E-state index contributed by atoms with van der Waals surface area (Å²) in [7, 11) is 0. The van der Waals surface area contributed by atoms with Gasteiger partial charge >= 0.3 is 0 Å². The minimum Gasteiger partial charge on any atom is -0.378 e. The second-order valence-electron chi connectivity index (χ2n) is 5.40. The minimum atomic E-state index is 0.274. The van der Waals surface area contributed by atoms with E-state index in [0.717, 1.165) is 16.6 Å².